The lowest BCUT2D eigenvalue weighted by Gasteiger charge is -2.32. The smallest absolute Gasteiger partial charge is 0.00101 e. The average molecular weight is 212 g/mol. The highest BCUT2D eigenvalue weighted by atomic mass is 15.1. The normalized spacial score (nSPS) is 23.2. The van der Waals surface area contributed by atoms with Crippen LogP contribution in [-0.2, 0) is 0 Å². The maximum atomic E-state index is 3.26. The first kappa shape index (κ1) is 13.0. The molecule has 0 aromatic heterocycles. The van der Waals surface area contributed by atoms with Crippen molar-refractivity contribution in [1.29, 1.82) is 0 Å². The molecule has 0 aromatic rings. The van der Waals surface area contributed by atoms with Gasteiger partial charge in [0.2, 0.25) is 0 Å². The van der Waals surface area contributed by atoms with E-state index >= 15 is 0 Å². The van der Waals surface area contributed by atoms with Crippen LogP contribution in [0.5, 0.6) is 0 Å². The molecule has 1 atom stereocenters. The van der Waals surface area contributed by atoms with Crippen molar-refractivity contribution in [2.24, 2.45) is 5.92 Å². The molecule has 0 radical (unpaired) electrons. The first-order valence-electron chi connectivity index (χ1n) is 6.73. The molecule has 1 fully saturated rings. The molecule has 1 rings (SSSR count). The summed E-state index contributed by atoms with van der Waals surface area (Å²) in [5.74, 6) is 0.952. The van der Waals surface area contributed by atoms with Gasteiger partial charge in [-0.15, -0.1) is 0 Å². The number of hydrogen-bond donors (Lipinski definition) is 1. The van der Waals surface area contributed by atoms with E-state index in [0.717, 1.165) is 5.92 Å². The summed E-state index contributed by atoms with van der Waals surface area (Å²) < 4.78 is 0. The second-order valence-electron chi connectivity index (χ2n) is 4.91. The maximum Gasteiger partial charge on any atom is 0.00101 e. The molecular formula is C13H28N2. The second-order valence-corrected chi connectivity index (χ2v) is 4.91. The lowest BCUT2D eigenvalue weighted by molar-refractivity contribution is 0.166. The van der Waals surface area contributed by atoms with E-state index in [1.54, 1.807) is 0 Å². The Morgan fingerprint density at radius 1 is 1.33 bits per heavy atom. The molecule has 1 saturated heterocycles. The molecule has 0 aliphatic carbocycles. The summed E-state index contributed by atoms with van der Waals surface area (Å²) in [4.78, 5) is 2.68. The van der Waals surface area contributed by atoms with Crippen LogP contribution in [0.2, 0.25) is 0 Å². The van der Waals surface area contributed by atoms with Crippen molar-refractivity contribution >= 4 is 0 Å². The summed E-state index contributed by atoms with van der Waals surface area (Å²) in [5.41, 5.74) is 0. The Hall–Kier alpha value is -0.0800. The van der Waals surface area contributed by atoms with Gasteiger partial charge in [0.1, 0.15) is 0 Å². The Labute approximate surface area is 95.4 Å². The zero-order valence-corrected chi connectivity index (χ0v) is 10.6. The van der Waals surface area contributed by atoms with Gasteiger partial charge >= 0.3 is 0 Å². The Balaban J connectivity index is 2.11. The van der Waals surface area contributed by atoms with Gasteiger partial charge in [-0.25, -0.2) is 0 Å². The van der Waals surface area contributed by atoms with Crippen molar-refractivity contribution in [2.75, 3.05) is 33.2 Å². The van der Waals surface area contributed by atoms with E-state index in [1.165, 1.54) is 64.7 Å². The number of nitrogens with zero attached hydrogens (tertiary/aromatic N) is 1. The third-order valence-corrected chi connectivity index (χ3v) is 3.48. The molecule has 2 nitrogen and oxygen atoms in total. The molecule has 1 aliphatic heterocycles. The van der Waals surface area contributed by atoms with E-state index in [0.29, 0.717) is 0 Å². The number of unbranched alkanes of at least 4 members (excludes halogenated alkanes) is 2. The van der Waals surface area contributed by atoms with Gasteiger partial charge in [-0.3, -0.25) is 0 Å². The highest BCUT2D eigenvalue weighted by molar-refractivity contribution is 4.73. The number of piperidine rings is 1. The molecule has 1 heterocycles. The van der Waals surface area contributed by atoms with Crippen molar-refractivity contribution in [3.8, 4) is 0 Å². The minimum absolute atomic E-state index is 0.952. The van der Waals surface area contributed by atoms with Gasteiger partial charge in [-0.05, 0) is 58.3 Å². The number of likely N-dealkylation sites (tertiary alicyclic amines) is 1. The zero-order chi connectivity index (χ0) is 10.9. The van der Waals surface area contributed by atoms with Crippen LogP contribution in [-0.4, -0.2) is 38.1 Å². The van der Waals surface area contributed by atoms with Gasteiger partial charge in [0, 0.05) is 6.54 Å². The van der Waals surface area contributed by atoms with Crippen LogP contribution in [0.1, 0.15) is 45.4 Å². The van der Waals surface area contributed by atoms with Crippen LogP contribution < -0.4 is 5.32 Å². The molecule has 0 amide bonds. The number of hydrogen-bond acceptors (Lipinski definition) is 2. The Morgan fingerprint density at radius 3 is 2.93 bits per heavy atom. The molecular weight excluding hydrogens is 184 g/mol. The van der Waals surface area contributed by atoms with Crippen LogP contribution in [0.4, 0.5) is 0 Å². The second kappa shape index (κ2) is 8.12. The fourth-order valence-corrected chi connectivity index (χ4v) is 2.52. The highest BCUT2D eigenvalue weighted by Gasteiger charge is 2.18. The molecule has 0 aromatic carbocycles. The van der Waals surface area contributed by atoms with Crippen LogP contribution in [0.3, 0.4) is 0 Å². The van der Waals surface area contributed by atoms with Gasteiger partial charge < -0.3 is 10.2 Å². The van der Waals surface area contributed by atoms with Crippen molar-refractivity contribution < 1.29 is 0 Å². The molecule has 1 aliphatic rings. The third-order valence-electron chi connectivity index (χ3n) is 3.48. The molecule has 90 valence electrons. The van der Waals surface area contributed by atoms with E-state index in [2.05, 4.69) is 24.2 Å². The van der Waals surface area contributed by atoms with Crippen molar-refractivity contribution in [3.05, 3.63) is 0 Å². The van der Waals surface area contributed by atoms with Crippen molar-refractivity contribution in [3.63, 3.8) is 0 Å². The lowest BCUT2D eigenvalue weighted by Crippen LogP contribution is -2.36. The van der Waals surface area contributed by atoms with E-state index in [9.17, 15) is 0 Å². The standard InChI is InChI=1S/C13H28N2/c1-3-4-5-10-15-11-6-7-13(12-15)8-9-14-2/h13-14H,3-12H2,1-2H3. The number of nitrogens with one attached hydrogen (secondary N) is 1. The van der Waals surface area contributed by atoms with Gasteiger partial charge in [0.15, 0.2) is 0 Å². The maximum absolute atomic E-state index is 3.26. The molecule has 0 bridgehead atoms. The van der Waals surface area contributed by atoms with E-state index in [1.807, 2.05) is 0 Å². The predicted molar refractivity (Wildman–Crippen MR) is 67.2 cm³/mol. The van der Waals surface area contributed by atoms with Gasteiger partial charge in [-0.1, -0.05) is 19.8 Å². The topological polar surface area (TPSA) is 15.3 Å². The largest absolute Gasteiger partial charge is 0.320 e. The third kappa shape index (κ3) is 5.53. The van der Waals surface area contributed by atoms with E-state index in [4.69, 9.17) is 0 Å². The summed E-state index contributed by atoms with van der Waals surface area (Å²) >= 11 is 0. The Bertz CT molecular complexity index is 147. The van der Waals surface area contributed by atoms with E-state index in [-0.39, 0.29) is 0 Å². The lowest BCUT2D eigenvalue weighted by atomic mass is 9.94. The SMILES string of the molecule is CCCCCN1CCCC(CCNC)C1. The fraction of sp³-hybridized carbons (Fsp3) is 1.00. The Morgan fingerprint density at radius 2 is 2.20 bits per heavy atom. The zero-order valence-electron chi connectivity index (χ0n) is 10.6. The van der Waals surface area contributed by atoms with Crippen molar-refractivity contribution in [2.45, 2.75) is 45.4 Å². The first-order valence-corrected chi connectivity index (χ1v) is 6.73. The summed E-state index contributed by atoms with van der Waals surface area (Å²) in [6.45, 7) is 7.51. The summed E-state index contributed by atoms with van der Waals surface area (Å²) in [6.07, 6.45) is 8.37. The quantitative estimate of drug-likeness (QED) is 0.652. The highest BCUT2D eigenvalue weighted by Crippen LogP contribution is 2.19. The Kier molecular flexibility index (Phi) is 7.03. The minimum atomic E-state index is 0.952. The molecule has 1 N–H and O–H groups in total. The molecule has 15 heavy (non-hydrogen) atoms. The average Bonchev–Trinajstić information content (AvgIpc) is 2.27. The minimum Gasteiger partial charge on any atom is -0.320 e. The van der Waals surface area contributed by atoms with Crippen LogP contribution in [0.25, 0.3) is 0 Å². The molecule has 1 unspecified atom stereocenters. The van der Waals surface area contributed by atoms with Crippen LogP contribution in [0.15, 0.2) is 0 Å². The predicted octanol–water partition coefficient (Wildman–Crippen LogP) is 2.50. The first-order chi connectivity index (χ1) is 7.36. The van der Waals surface area contributed by atoms with E-state index < -0.39 is 0 Å². The molecule has 2 heteroatoms. The van der Waals surface area contributed by atoms with Crippen molar-refractivity contribution in [1.82, 2.24) is 10.2 Å². The van der Waals surface area contributed by atoms with Crippen LogP contribution >= 0.6 is 0 Å². The summed E-state index contributed by atoms with van der Waals surface area (Å²) in [5, 5.41) is 3.26. The summed E-state index contributed by atoms with van der Waals surface area (Å²) in [6, 6.07) is 0. The summed E-state index contributed by atoms with van der Waals surface area (Å²) in [7, 11) is 2.06. The molecule has 0 spiro atoms. The number of rotatable bonds is 7. The van der Waals surface area contributed by atoms with Crippen LogP contribution in [0, 0.1) is 5.92 Å². The fourth-order valence-electron chi connectivity index (χ4n) is 2.52. The monoisotopic (exact) mass is 212 g/mol. The van der Waals surface area contributed by atoms with Gasteiger partial charge in [-0.2, -0.15) is 0 Å². The van der Waals surface area contributed by atoms with Gasteiger partial charge in [0.05, 0.1) is 0 Å². The van der Waals surface area contributed by atoms with Gasteiger partial charge in [0.25, 0.3) is 0 Å². The molecule has 0 saturated carbocycles.